The maximum Gasteiger partial charge on any atom is 0.0891 e. The van der Waals surface area contributed by atoms with E-state index in [-0.39, 0.29) is 0 Å². The molecule has 1 atom stereocenters. The van der Waals surface area contributed by atoms with Crippen molar-refractivity contribution in [2.75, 3.05) is 11.9 Å². The van der Waals surface area contributed by atoms with Crippen LogP contribution in [0.15, 0.2) is 60.7 Å². The molecule has 6 heteroatoms. The van der Waals surface area contributed by atoms with Crippen LogP contribution in [-0.4, -0.2) is 22.3 Å². The molecule has 0 radical (unpaired) electrons. The monoisotopic (exact) mass is 418 g/mol. The van der Waals surface area contributed by atoms with Crippen LogP contribution in [-0.2, 0) is 6.54 Å². The maximum absolute atomic E-state index is 10.6. The summed E-state index contributed by atoms with van der Waals surface area (Å²) in [5, 5.41) is 17.9. The summed E-state index contributed by atoms with van der Waals surface area (Å²) < 4.78 is 2.10. The first kappa shape index (κ1) is 18.5. The molecule has 0 saturated heterocycles. The highest BCUT2D eigenvalue weighted by Crippen LogP contribution is 2.33. The van der Waals surface area contributed by atoms with Gasteiger partial charge in [-0.3, -0.25) is 0 Å². The molecule has 1 heterocycles. The Bertz CT molecular complexity index is 1060. The van der Waals surface area contributed by atoms with Crippen LogP contribution >= 0.6 is 34.8 Å². The van der Waals surface area contributed by atoms with Crippen LogP contribution in [0, 0.1) is 0 Å². The van der Waals surface area contributed by atoms with Crippen LogP contribution in [0.2, 0.25) is 15.1 Å². The van der Waals surface area contributed by atoms with Gasteiger partial charge in [-0.1, -0.05) is 40.9 Å². The molecule has 0 aliphatic carbocycles. The Morgan fingerprint density at radius 1 is 0.815 bits per heavy atom. The minimum atomic E-state index is -0.589. The van der Waals surface area contributed by atoms with E-state index in [1.165, 1.54) is 0 Å². The van der Waals surface area contributed by atoms with Gasteiger partial charge in [-0.25, -0.2) is 0 Å². The first-order chi connectivity index (χ1) is 13.0. The van der Waals surface area contributed by atoms with Gasteiger partial charge in [-0.15, -0.1) is 0 Å². The molecule has 0 unspecified atom stereocenters. The molecule has 27 heavy (non-hydrogen) atoms. The van der Waals surface area contributed by atoms with Gasteiger partial charge in [-0.05, 0) is 54.6 Å². The summed E-state index contributed by atoms with van der Waals surface area (Å²) in [5.41, 5.74) is 2.90. The number of hydrogen-bond donors (Lipinski definition) is 2. The lowest BCUT2D eigenvalue weighted by molar-refractivity contribution is 0.169. The molecule has 3 aromatic carbocycles. The molecule has 0 spiro atoms. The standard InChI is InChI=1S/C21H17Cl3N2O/c22-13-2-1-3-16(8-13)25-11-17(27)12-26-20-6-4-14(23)9-18(20)19-10-15(24)5-7-21(19)26/h1-10,17,25,27H,11-12H2/t17-/m0/s1. The third-order valence-electron chi connectivity index (χ3n) is 4.55. The third kappa shape index (κ3) is 3.87. The summed E-state index contributed by atoms with van der Waals surface area (Å²) in [6.45, 7) is 0.847. The van der Waals surface area contributed by atoms with Crippen molar-refractivity contribution in [1.29, 1.82) is 0 Å². The van der Waals surface area contributed by atoms with Gasteiger partial charge < -0.3 is 15.0 Å². The fraction of sp³-hybridized carbons (Fsp3) is 0.143. The number of anilines is 1. The van der Waals surface area contributed by atoms with Crippen molar-refractivity contribution in [2.24, 2.45) is 0 Å². The van der Waals surface area contributed by atoms with Crippen molar-refractivity contribution in [3.8, 4) is 0 Å². The summed E-state index contributed by atoms with van der Waals surface area (Å²) in [4.78, 5) is 0. The number of aliphatic hydroxyl groups is 1. The highest BCUT2D eigenvalue weighted by molar-refractivity contribution is 6.33. The van der Waals surface area contributed by atoms with Gasteiger partial charge in [0.2, 0.25) is 0 Å². The molecule has 0 fully saturated rings. The van der Waals surface area contributed by atoms with E-state index in [1.807, 2.05) is 60.7 Å². The number of benzene rings is 3. The van der Waals surface area contributed by atoms with Crippen molar-refractivity contribution in [1.82, 2.24) is 4.57 Å². The van der Waals surface area contributed by atoms with Gasteiger partial charge in [0.1, 0.15) is 0 Å². The molecule has 4 rings (SSSR count). The average molecular weight is 420 g/mol. The molecule has 1 aromatic heterocycles. The molecule has 0 saturated carbocycles. The first-order valence-electron chi connectivity index (χ1n) is 8.56. The van der Waals surface area contributed by atoms with Gasteiger partial charge in [0.25, 0.3) is 0 Å². The Labute approximate surface area is 172 Å². The molecule has 0 bridgehead atoms. The minimum Gasteiger partial charge on any atom is -0.389 e. The van der Waals surface area contributed by atoms with E-state index >= 15 is 0 Å². The molecule has 0 aliphatic rings. The second-order valence-corrected chi connectivity index (χ2v) is 7.79. The summed E-state index contributed by atoms with van der Waals surface area (Å²) in [6.07, 6.45) is -0.589. The van der Waals surface area contributed by atoms with Crippen molar-refractivity contribution in [3.05, 3.63) is 75.7 Å². The van der Waals surface area contributed by atoms with Crippen molar-refractivity contribution < 1.29 is 5.11 Å². The van der Waals surface area contributed by atoms with Crippen LogP contribution < -0.4 is 5.32 Å². The zero-order valence-electron chi connectivity index (χ0n) is 14.3. The number of rotatable bonds is 5. The van der Waals surface area contributed by atoms with E-state index < -0.39 is 6.10 Å². The van der Waals surface area contributed by atoms with Gasteiger partial charge in [-0.2, -0.15) is 0 Å². The number of aliphatic hydroxyl groups excluding tert-OH is 1. The zero-order valence-corrected chi connectivity index (χ0v) is 16.6. The lowest BCUT2D eigenvalue weighted by atomic mass is 10.1. The van der Waals surface area contributed by atoms with Crippen molar-refractivity contribution >= 4 is 62.3 Å². The molecule has 138 valence electrons. The quantitative estimate of drug-likeness (QED) is 0.402. The highest BCUT2D eigenvalue weighted by atomic mass is 35.5. The largest absolute Gasteiger partial charge is 0.389 e. The minimum absolute atomic E-state index is 0.405. The second-order valence-electron chi connectivity index (χ2n) is 6.48. The first-order valence-corrected chi connectivity index (χ1v) is 9.69. The lowest BCUT2D eigenvalue weighted by Crippen LogP contribution is -2.24. The number of hydrogen-bond acceptors (Lipinski definition) is 2. The Morgan fingerprint density at radius 3 is 2.00 bits per heavy atom. The molecule has 2 N–H and O–H groups in total. The van der Waals surface area contributed by atoms with E-state index in [0.29, 0.717) is 28.2 Å². The number of nitrogens with one attached hydrogen (secondary N) is 1. The number of fused-ring (bicyclic) bond motifs is 3. The van der Waals surface area contributed by atoms with Crippen LogP contribution in [0.25, 0.3) is 21.8 Å². The maximum atomic E-state index is 10.6. The Balaban J connectivity index is 1.64. The molecular weight excluding hydrogens is 403 g/mol. The van der Waals surface area contributed by atoms with Crippen LogP contribution in [0.4, 0.5) is 5.69 Å². The number of halogens is 3. The summed E-state index contributed by atoms with van der Waals surface area (Å²) in [7, 11) is 0. The van der Waals surface area contributed by atoms with Crippen molar-refractivity contribution in [3.63, 3.8) is 0 Å². The van der Waals surface area contributed by atoms with E-state index in [4.69, 9.17) is 34.8 Å². The predicted octanol–water partition coefficient (Wildman–Crippen LogP) is 6.23. The van der Waals surface area contributed by atoms with E-state index in [1.54, 1.807) is 0 Å². The predicted molar refractivity (Wildman–Crippen MR) is 115 cm³/mol. The molecule has 3 nitrogen and oxygen atoms in total. The molecular formula is C21H17Cl3N2O. The van der Waals surface area contributed by atoms with Crippen molar-refractivity contribution in [2.45, 2.75) is 12.6 Å². The smallest absolute Gasteiger partial charge is 0.0891 e. The summed E-state index contributed by atoms with van der Waals surface area (Å²) in [6, 6.07) is 19.0. The SMILES string of the molecule is O[C@@H](CNc1cccc(Cl)c1)Cn1c2ccc(Cl)cc2c2cc(Cl)ccc21. The fourth-order valence-corrected chi connectivity index (χ4v) is 3.89. The fourth-order valence-electron chi connectivity index (χ4n) is 3.35. The average Bonchev–Trinajstić information content (AvgIpc) is 2.92. The van der Waals surface area contributed by atoms with E-state index in [2.05, 4.69) is 9.88 Å². The van der Waals surface area contributed by atoms with Gasteiger partial charge >= 0.3 is 0 Å². The molecule has 4 aromatic rings. The Morgan fingerprint density at radius 2 is 1.41 bits per heavy atom. The van der Waals surface area contributed by atoms with Crippen LogP contribution in [0.5, 0.6) is 0 Å². The number of aromatic nitrogens is 1. The summed E-state index contributed by atoms with van der Waals surface area (Å²) in [5.74, 6) is 0. The van der Waals surface area contributed by atoms with Gasteiger partial charge in [0.05, 0.1) is 12.6 Å². The Hall–Kier alpha value is -1.91. The molecule has 0 aliphatic heterocycles. The third-order valence-corrected chi connectivity index (χ3v) is 5.25. The molecule has 0 amide bonds. The topological polar surface area (TPSA) is 37.2 Å². The van der Waals surface area contributed by atoms with Gasteiger partial charge in [0, 0.05) is 49.1 Å². The summed E-state index contributed by atoms with van der Waals surface area (Å²) >= 11 is 18.4. The second kappa shape index (κ2) is 7.61. The van der Waals surface area contributed by atoms with E-state index in [0.717, 1.165) is 27.5 Å². The highest BCUT2D eigenvalue weighted by Gasteiger charge is 2.14. The van der Waals surface area contributed by atoms with E-state index in [9.17, 15) is 5.11 Å². The van der Waals surface area contributed by atoms with Gasteiger partial charge in [0.15, 0.2) is 0 Å². The normalized spacial score (nSPS) is 12.6. The zero-order chi connectivity index (χ0) is 19.0. The van der Waals surface area contributed by atoms with Crippen LogP contribution in [0.1, 0.15) is 0 Å². The number of nitrogens with zero attached hydrogens (tertiary/aromatic N) is 1. The Kier molecular flexibility index (Phi) is 5.20. The lowest BCUT2D eigenvalue weighted by Gasteiger charge is -2.16. The van der Waals surface area contributed by atoms with Crippen LogP contribution in [0.3, 0.4) is 0 Å².